The minimum Gasteiger partial charge on any atom is -0.398 e. The summed E-state index contributed by atoms with van der Waals surface area (Å²) in [5.74, 6) is -0.521. The first kappa shape index (κ1) is 14.8. The first-order chi connectivity index (χ1) is 9.49. The molecule has 4 nitrogen and oxygen atoms in total. The fourth-order valence-electron chi connectivity index (χ4n) is 1.61. The van der Waals surface area contributed by atoms with Crippen molar-refractivity contribution in [2.45, 2.75) is 10.6 Å². The summed E-state index contributed by atoms with van der Waals surface area (Å²) in [6.07, 6.45) is 0. The monoisotopic (exact) mass is 356 g/mol. The highest BCUT2D eigenvalue weighted by Gasteiger charge is 2.17. The normalized spacial score (nSPS) is 10.5. The van der Waals surface area contributed by atoms with Crippen molar-refractivity contribution in [1.82, 2.24) is 0 Å². The van der Waals surface area contributed by atoms with Crippen molar-refractivity contribution in [3.63, 3.8) is 0 Å². The van der Waals surface area contributed by atoms with E-state index in [0.29, 0.717) is 5.69 Å². The number of hydrogen-bond donors (Lipinski definition) is 1. The number of nitrogens with zero attached hydrogens (tertiary/aromatic N) is 1. The van der Waals surface area contributed by atoms with E-state index in [9.17, 15) is 14.5 Å². The highest BCUT2D eigenvalue weighted by Crippen LogP contribution is 2.32. The zero-order chi connectivity index (χ0) is 14.7. The molecule has 0 fully saturated rings. The molecule has 0 radical (unpaired) electrons. The van der Waals surface area contributed by atoms with Gasteiger partial charge in [0, 0.05) is 32.4 Å². The Kier molecular flexibility index (Phi) is 4.61. The Labute approximate surface area is 127 Å². The molecule has 0 saturated heterocycles. The summed E-state index contributed by atoms with van der Waals surface area (Å²) >= 11 is 4.67. The Balaban J connectivity index is 2.21. The van der Waals surface area contributed by atoms with E-state index in [1.54, 1.807) is 6.07 Å². The zero-order valence-corrected chi connectivity index (χ0v) is 12.6. The topological polar surface area (TPSA) is 69.2 Å². The Morgan fingerprint density at radius 1 is 1.35 bits per heavy atom. The van der Waals surface area contributed by atoms with Crippen LogP contribution in [-0.2, 0) is 5.75 Å². The number of nitro benzene ring substituents is 1. The van der Waals surface area contributed by atoms with E-state index < -0.39 is 16.4 Å². The molecule has 7 heteroatoms. The molecule has 104 valence electrons. The predicted octanol–water partition coefficient (Wildman–Crippen LogP) is 4.37. The van der Waals surface area contributed by atoms with E-state index in [1.807, 2.05) is 12.1 Å². The maximum absolute atomic E-state index is 13.9. The number of benzene rings is 2. The molecular weight excluding hydrogens is 347 g/mol. The van der Waals surface area contributed by atoms with Crippen LogP contribution in [0.2, 0.25) is 0 Å². The van der Waals surface area contributed by atoms with Crippen molar-refractivity contribution in [2.24, 2.45) is 0 Å². The van der Waals surface area contributed by atoms with Crippen molar-refractivity contribution in [3.8, 4) is 0 Å². The van der Waals surface area contributed by atoms with Gasteiger partial charge in [-0.15, -0.1) is 11.8 Å². The first-order valence-corrected chi connectivity index (χ1v) is 7.36. The van der Waals surface area contributed by atoms with Crippen LogP contribution in [0.25, 0.3) is 0 Å². The second-order valence-electron chi connectivity index (χ2n) is 3.98. The third kappa shape index (κ3) is 3.29. The summed E-state index contributed by atoms with van der Waals surface area (Å²) in [6.45, 7) is 0. The van der Waals surface area contributed by atoms with Crippen molar-refractivity contribution >= 4 is 39.1 Å². The largest absolute Gasteiger partial charge is 0.398 e. The third-order valence-electron chi connectivity index (χ3n) is 2.61. The molecule has 0 aromatic heterocycles. The number of rotatable bonds is 4. The minimum absolute atomic E-state index is 0.272. The zero-order valence-electron chi connectivity index (χ0n) is 10.2. The predicted molar refractivity (Wildman–Crippen MR) is 81.2 cm³/mol. The Hall–Kier alpha value is -1.60. The average molecular weight is 357 g/mol. The maximum Gasteiger partial charge on any atom is 0.305 e. The molecule has 2 N–H and O–H groups in total. The quantitative estimate of drug-likeness (QED) is 0.382. The summed E-state index contributed by atoms with van der Waals surface area (Å²) in [7, 11) is 0. The van der Waals surface area contributed by atoms with Crippen LogP contribution in [0.15, 0.2) is 45.8 Å². The van der Waals surface area contributed by atoms with Gasteiger partial charge in [-0.25, -0.2) is 0 Å². The molecule has 2 aromatic carbocycles. The fraction of sp³-hybridized carbons (Fsp3) is 0.0769. The van der Waals surface area contributed by atoms with Crippen molar-refractivity contribution in [2.75, 3.05) is 5.73 Å². The minimum atomic E-state index is -0.793. The van der Waals surface area contributed by atoms with Crippen LogP contribution in [0.5, 0.6) is 0 Å². The molecule has 0 atom stereocenters. The number of nitro groups is 1. The van der Waals surface area contributed by atoms with Crippen LogP contribution < -0.4 is 5.73 Å². The second kappa shape index (κ2) is 6.23. The number of nitrogen functional groups attached to an aromatic ring is 1. The lowest BCUT2D eigenvalue weighted by atomic mass is 10.2. The molecule has 0 aliphatic heterocycles. The molecule has 0 aliphatic carbocycles. The number of halogens is 2. The molecular formula is C13H10BrFN2O2S. The molecule has 2 aromatic rings. The van der Waals surface area contributed by atoms with Gasteiger partial charge in [0.1, 0.15) is 0 Å². The first-order valence-electron chi connectivity index (χ1n) is 5.58. The van der Waals surface area contributed by atoms with Gasteiger partial charge in [-0.1, -0.05) is 28.1 Å². The van der Waals surface area contributed by atoms with Gasteiger partial charge in [0.2, 0.25) is 5.82 Å². The smallest absolute Gasteiger partial charge is 0.305 e. The molecule has 0 heterocycles. The molecule has 20 heavy (non-hydrogen) atoms. The van der Waals surface area contributed by atoms with E-state index in [1.165, 1.54) is 23.9 Å². The maximum atomic E-state index is 13.9. The highest BCUT2D eigenvalue weighted by atomic mass is 79.9. The van der Waals surface area contributed by atoms with Crippen LogP contribution in [-0.4, -0.2) is 4.92 Å². The summed E-state index contributed by atoms with van der Waals surface area (Å²) < 4.78 is 14.8. The van der Waals surface area contributed by atoms with E-state index in [-0.39, 0.29) is 11.3 Å². The fourth-order valence-corrected chi connectivity index (χ4v) is 3.10. The third-order valence-corrected chi connectivity index (χ3v) is 4.23. The summed E-state index contributed by atoms with van der Waals surface area (Å²) in [5, 5.41) is 10.7. The number of hydrogen-bond acceptors (Lipinski definition) is 4. The highest BCUT2D eigenvalue weighted by molar-refractivity contribution is 9.10. The summed E-state index contributed by atoms with van der Waals surface area (Å²) in [5.41, 5.74) is 6.19. The molecule has 0 amide bonds. The Morgan fingerprint density at radius 2 is 2.10 bits per heavy atom. The lowest BCUT2D eigenvalue weighted by Gasteiger charge is -2.07. The molecule has 0 saturated carbocycles. The summed E-state index contributed by atoms with van der Waals surface area (Å²) in [4.78, 5) is 10.8. The van der Waals surface area contributed by atoms with Crippen LogP contribution >= 0.6 is 27.7 Å². The van der Waals surface area contributed by atoms with Crippen molar-refractivity contribution < 1.29 is 9.31 Å². The molecule has 0 aliphatic rings. The van der Waals surface area contributed by atoms with E-state index in [0.717, 1.165) is 15.4 Å². The van der Waals surface area contributed by atoms with Crippen LogP contribution in [0.4, 0.5) is 15.8 Å². The van der Waals surface area contributed by atoms with Crippen LogP contribution in [0, 0.1) is 15.9 Å². The lowest BCUT2D eigenvalue weighted by Crippen LogP contribution is -1.96. The molecule has 2 rings (SSSR count). The van der Waals surface area contributed by atoms with Gasteiger partial charge in [-0.05, 0) is 18.2 Å². The number of anilines is 1. The van der Waals surface area contributed by atoms with Gasteiger partial charge < -0.3 is 5.73 Å². The van der Waals surface area contributed by atoms with Crippen LogP contribution in [0.1, 0.15) is 5.56 Å². The summed E-state index contributed by atoms with van der Waals surface area (Å²) in [6, 6.07) is 9.54. The van der Waals surface area contributed by atoms with Crippen molar-refractivity contribution in [1.29, 1.82) is 0 Å². The van der Waals surface area contributed by atoms with Crippen LogP contribution in [0.3, 0.4) is 0 Å². The van der Waals surface area contributed by atoms with Gasteiger partial charge in [0.15, 0.2) is 0 Å². The van der Waals surface area contributed by atoms with Crippen molar-refractivity contribution in [3.05, 3.63) is 62.4 Å². The van der Waals surface area contributed by atoms with E-state index in [2.05, 4.69) is 15.9 Å². The van der Waals surface area contributed by atoms with Gasteiger partial charge in [-0.3, -0.25) is 10.1 Å². The van der Waals surface area contributed by atoms with E-state index in [4.69, 9.17) is 5.73 Å². The van der Waals surface area contributed by atoms with Gasteiger partial charge >= 0.3 is 5.69 Å². The lowest BCUT2D eigenvalue weighted by molar-refractivity contribution is -0.387. The number of nitrogens with two attached hydrogens (primary N) is 1. The van der Waals surface area contributed by atoms with E-state index >= 15 is 0 Å². The molecule has 0 unspecified atom stereocenters. The number of thioether (sulfide) groups is 1. The van der Waals surface area contributed by atoms with Gasteiger partial charge in [0.25, 0.3) is 0 Å². The standard InChI is InChI=1S/C13H10BrFN2O2S/c14-9-4-5-10(16)12(6-9)20-7-8-2-1-3-11(13(8)15)17(18)19/h1-6H,7,16H2. The SMILES string of the molecule is Nc1ccc(Br)cc1SCc1cccc([N+](=O)[O-])c1F. The second-order valence-corrected chi connectivity index (χ2v) is 5.91. The average Bonchev–Trinajstić information content (AvgIpc) is 2.41. The Bertz CT molecular complexity index is 667. The van der Waals surface area contributed by atoms with Gasteiger partial charge in [0.05, 0.1) is 4.92 Å². The molecule has 0 spiro atoms. The van der Waals surface area contributed by atoms with Gasteiger partial charge in [-0.2, -0.15) is 4.39 Å². The Morgan fingerprint density at radius 3 is 2.80 bits per heavy atom. The molecule has 0 bridgehead atoms.